The van der Waals surface area contributed by atoms with E-state index in [1.165, 1.54) is 18.5 Å². The second kappa shape index (κ2) is 6.07. The van der Waals surface area contributed by atoms with Crippen molar-refractivity contribution in [2.45, 2.75) is 20.4 Å². The zero-order valence-electron chi connectivity index (χ0n) is 13.1. The topological polar surface area (TPSA) is 110 Å². The van der Waals surface area contributed by atoms with Gasteiger partial charge in [-0.15, -0.1) is 0 Å². The van der Waals surface area contributed by atoms with Crippen molar-refractivity contribution in [1.82, 2.24) is 19.7 Å². The fourth-order valence-corrected chi connectivity index (χ4v) is 2.42. The van der Waals surface area contributed by atoms with E-state index in [-0.39, 0.29) is 11.5 Å². The molecule has 3 heterocycles. The monoisotopic (exact) mass is 325 g/mol. The van der Waals surface area contributed by atoms with Crippen molar-refractivity contribution in [2.24, 2.45) is 0 Å². The van der Waals surface area contributed by atoms with Crippen LogP contribution in [0.25, 0.3) is 11.0 Å². The number of anilines is 1. The van der Waals surface area contributed by atoms with E-state index in [1.54, 1.807) is 23.9 Å². The molecule has 0 spiro atoms. The van der Waals surface area contributed by atoms with Gasteiger partial charge in [0.25, 0.3) is 5.91 Å². The molecule has 0 bridgehead atoms. The number of carbonyl (C=O) groups is 2. The summed E-state index contributed by atoms with van der Waals surface area (Å²) in [4.78, 5) is 31.8. The van der Waals surface area contributed by atoms with Gasteiger partial charge in [0.15, 0.2) is 5.65 Å². The van der Waals surface area contributed by atoms with Crippen molar-refractivity contribution < 1.29 is 14.7 Å². The van der Waals surface area contributed by atoms with Gasteiger partial charge in [0, 0.05) is 18.4 Å². The van der Waals surface area contributed by atoms with Crippen LogP contribution >= 0.6 is 0 Å². The van der Waals surface area contributed by atoms with Crippen molar-refractivity contribution in [3.63, 3.8) is 0 Å². The van der Waals surface area contributed by atoms with Crippen molar-refractivity contribution in [3.05, 3.63) is 47.5 Å². The third kappa shape index (κ3) is 2.81. The molecule has 0 radical (unpaired) electrons. The Morgan fingerprint density at radius 1 is 1.25 bits per heavy atom. The summed E-state index contributed by atoms with van der Waals surface area (Å²) in [6, 6.07) is 3.03. The predicted molar refractivity (Wildman–Crippen MR) is 87.1 cm³/mol. The first kappa shape index (κ1) is 15.6. The Kier molecular flexibility index (Phi) is 3.95. The van der Waals surface area contributed by atoms with Crippen LogP contribution in [0.1, 0.15) is 33.3 Å². The molecule has 0 saturated carbocycles. The van der Waals surface area contributed by atoms with Gasteiger partial charge in [-0.3, -0.25) is 9.78 Å². The molecule has 2 N–H and O–H groups in total. The Morgan fingerprint density at radius 2 is 2.04 bits per heavy atom. The number of aryl methyl sites for hydroxylation is 2. The standard InChI is InChI=1S/C16H15N5O3/c1-3-21-14-13(8-18-21)12(4-9(2)19-14)15(22)20-11-5-10(16(23)24)6-17-7-11/h4-8H,3H2,1-2H3,(H,20,22)(H,23,24). The Balaban J connectivity index is 1.98. The third-order valence-corrected chi connectivity index (χ3v) is 3.52. The normalized spacial score (nSPS) is 10.8. The lowest BCUT2D eigenvalue weighted by molar-refractivity contribution is 0.0696. The summed E-state index contributed by atoms with van der Waals surface area (Å²) in [7, 11) is 0. The zero-order valence-corrected chi connectivity index (χ0v) is 13.1. The Hall–Kier alpha value is -3.29. The number of pyridine rings is 2. The van der Waals surface area contributed by atoms with E-state index in [0.29, 0.717) is 34.5 Å². The maximum atomic E-state index is 12.6. The van der Waals surface area contributed by atoms with Gasteiger partial charge in [-0.1, -0.05) is 0 Å². The number of hydrogen-bond donors (Lipinski definition) is 2. The smallest absolute Gasteiger partial charge is 0.337 e. The van der Waals surface area contributed by atoms with Crippen molar-refractivity contribution >= 4 is 28.6 Å². The maximum Gasteiger partial charge on any atom is 0.337 e. The molecule has 122 valence electrons. The van der Waals surface area contributed by atoms with Gasteiger partial charge < -0.3 is 10.4 Å². The second-order valence-electron chi connectivity index (χ2n) is 5.23. The Morgan fingerprint density at radius 3 is 2.75 bits per heavy atom. The lowest BCUT2D eigenvalue weighted by atomic mass is 10.1. The summed E-state index contributed by atoms with van der Waals surface area (Å²) >= 11 is 0. The molecule has 0 atom stereocenters. The molecule has 3 aromatic heterocycles. The summed E-state index contributed by atoms with van der Waals surface area (Å²) < 4.78 is 1.71. The van der Waals surface area contributed by atoms with Gasteiger partial charge in [-0.05, 0) is 26.0 Å². The summed E-state index contributed by atoms with van der Waals surface area (Å²) in [5.74, 6) is -1.48. The van der Waals surface area contributed by atoms with E-state index in [1.807, 2.05) is 6.92 Å². The van der Waals surface area contributed by atoms with E-state index in [4.69, 9.17) is 5.11 Å². The predicted octanol–water partition coefficient (Wildman–Crippen LogP) is 2.11. The number of hydrogen-bond acceptors (Lipinski definition) is 5. The number of rotatable bonds is 4. The van der Waals surface area contributed by atoms with Crippen LogP contribution in [-0.2, 0) is 6.54 Å². The number of nitrogens with zero attached hydrogens (tertiary/aromatic N) is 4. The molecule has 3 rings (SSSR count). The number of aromatic nitrogens is 4. The average molecular weight is 325 g/mol. The molecule has 0 aliphatic carbocycles. The first-order valence-electron chi connectivity index (χ1n) is 7.32. The number of aromatic carboxylic acids is 1. The first-order chi connectivity index (χ1) is 11.5. The van der Waals surface area contributed by atoms with Crippen LogP contribution in [-0.4, -0.2) is 36.7 Å². The molecule has 0 aromatic carbocycles. The highest BCUT2D eigenvalue weighted by molar-refractivity contribution is 6.12. The second-order valence-corrected chi connectivity index (χ2v) is 5.23. The summed E-state index contributed by atoms with van der Waals surface area (Å²) in [6.07, 6.45) is 4.22. The van der Waals surface area contributed by atoms with Gasteiger partial charge in [0.05, 0.1) is 34.6 Å². The van der Waals surface area contributed by atoms with Gasteiger partial charge in [0.1, 0.15) is 0 Å². The number of carboxylic acid groups (broad SMARTS) is 1. The van der Waals surface area contributed by atoms with Crippen molar-refractivity contribution in [3.8, 4) is 0 Å². The molecule has 8 heteroatoms. The molecule has 0 aliphatic heterocycles. The lowest BCUT2D eigenvalue weighted by Gasteiger charge is -2.08. The molecule has 0 unspecified atom stereocenters. The minimum Gasteiger partial charge on any atom is -0.478 e. The molecule has 3 aromatic rings. The van der Waals surface area contributed by atoms with E-state index in [9.17, 15) is 9.59 Å². The molecule has 0 saturated heterocycles. The molecule has 0 fully saturated rings. The summed E-state index contributed by atoms with van der Waals surface area (Å²) in [5.41, 5.74) is 2.08. The average Bonchev–Trinajstić information content (AvgIpc) is 2.96. The maximum absolute atomic E-state index is 12.6. The molecule has 8 nitrogen and oxygen atoms in total. The quantitative estimate of drug-likeness (QED) is 0.760. The van der Waals surface area contributed by atoms with Gasteiger partial charge in [0.2, 0.25) is 0 Å². The fraction of sp³-hybridized carbons (Fsp3) is 0.188. The largest absolute Gasteiger partial charge is 0.478 e. The van der Waals surface area contributed by atoms with Crippen LogP contribution in [0.4, 0.5) is 5.69 Å². The van der Waals surface area contributed by atoms with Crippen LogP contribution in [0.15, 0.2) is 30.7 Å². The van der Waals surface area contributed by atoms with Gasteiger partial charge in [-0.2, -0.15) is 5.10 Å². The minimum absolute atomic E-state index is 0.00246. The van der Waals surface area contributed by atoms with Crippen LogP contribution in [0.3, 0.4) is 0 Å². The molecular weight excluding hydrogens is 310 g/mol. The first-order valence-corrected chi connectivity index (χ1v) is 7.32. The van der Waals surface area contributed by atoms with Gasteiger partial charge >= 0.3 is 5.97 Å². The Bertz CT molecular complexity index is 948. The van der Waals surface area contributed by atoms with E-state index >= 15 is 0 Å². The van der Waals surface area contributed by atoms with E-state index < -0.39 is 5.97 Å². The highest BCUT2D eigenvalue weighted by Crippen LogP contribution is 2.20. The van der Waals surface area contributed by atoms with Crippen LogP contribution in [0, 0.1) is 6.92 Å². The number of carboxylic acids is 1. The zero-order chi connectivity index (χ0) is 17.3. The molecular formula is C16H15N5O3. The van der Waals surface area contributed by atoms with Crippen molar-refractivity contribution in [1.29, 1.82) is 0 Å². The fourth-order valence-electron chi connectivity index (χ4n) is 2.42. The lowest BCUT2D eigenvalue weighted by Crippen LogP contribution is -2.14. The van der Waals surface area contributed by atoms with E-state index in [0.717, 1.165) is 0 Å². The summed E-state index contributed by atoms with van der Waals surface area (Å²) in [5, 5.41) is 16.5. The van der Waals surface area contributed by atoms with Crippen LogP contribution in [0.5, 0.6) is 0 Å². The van der Waals surface area contributed by atoms with Gasteiger partial charge in [-0.25, -0.2) is 14.5 Å². The van der Waals surface area contributed by atoms with Crippen LogP contribution in [0.2, 0.25) is 0 Å². The van der Waals surface area contributed by atoms with Crippen molar-refractivity contribution in [2.75, 3.05) is 5.32 Å². The summed E-state index contributed by atoms with van der Waals surface area (Å²) in [6.45, 7) is 4.39. The van der Waals surface area contributed by atoms with Crippen LogP contribution < -0.4 is 5.32 Å². The Labute approximate surface area is 137 Å². The van der Waals surface area contributed by atoms with E-state index in [2.05, 4.69) is 20.4 Å². The molecule has 1 amide bonds. The highest BCUT2D eigenvalue weighted by atomic mass is 16.4. The molecule has 0 aliphatic rings. The number of nitrogens with one attached hydrogen (secondary N) is 1. The number of fused-ring (bicyclic) bond motifs is 1. The third-order valence-electron chi connectivity index (χ3n) is 3.52. The number of amides is 1. The highest BCUT2D eigenvalue weighted by Gasteiger charge is 2.16. The SMILES string of the molecule is CCn1ncc2c(C(=O)Nc3cncc(C(=O)O)c3)cc(C)nc21. The number of carbonyl (C=O) groups excluding carboxylic acids is 1. The molecule has 24 heavy (non-hydrogen) atoms. The minimum atomic E-state index is -1.11.